The van der Waals surface area contributed by atoms with Crippen LogP contribution < -0.4 is 10.2 Å². The summed E-state index contributed by atoms with van der Waals surface area (Å²) in [5, 5.41) is 4.04. The summed E-state index contributed by atoms with van der Waals surface area (Å²) in [6, 6.07) is 11.0. The first-order valence-electron chi connectivity index (χ1n) is 6.19. The Labute approximate surface area is 117 Å². The zero-order valence-corrected chi connectivity index (χ0v) is 11.4. The molecule has 1 heterocycles. The van der Waals surface area contributed by atoms with E-state index < -0.39 is 0 Å². The van der Waals surface area contributed by atoms with E-state index in [-0.39, 0.29) is 11.7 Å². The highest BCUT2D eigenvalue weighted by molar-refractivity contribution is 5.93. The standard InChI is InChI=1S/C15H16N2O3/c1-11(10-12-5-7-13(19-2)8-6-12)16-17-15(18)14-4-3-9-20-14/h3-9H,10H2,1-2H3,(H,17,18)/b16-11-. The largest absolute Gasteiger partial charge is 0.497 e. The summed E-state index contributed by atoms with van der Waals surface area (Å²) in [7, 11) is 1.63. The number of hydrogen-bond donors (Lipinski definition) is 1. The van der Waals surface area contributed by atoms with Gasteiger partial charge in [-0.15, -0.1) is 0 Å². The van der Waals surface area contributed by atoms with E-state index in [9.17, 15) is 4.79 Å². The molecule has 0 bridgehead atoms. The number of furan rings is 1. The van der Waals surface area contributed by atoms with Crippen LogP contribution in [0.25, 0.3) is 0 Å². The maximum Gasteiger partial charge on any atom is 0.307 e. The number of nitrogens with zero attached hydrogens (tertiary/aromatic N) is 1. The van der Waals surface area contributed by atoms with E-state index in [2.05, 4.69) is 10.5 Å². The lowest BCUT2D eigenvalue weighted by Gasteiger charge is -2.04. The Morgan fingerprint density at radius 1 is 1.30 bits per heavy atom. The summed E-state index contributed by atoms with van der Waals surface area (Å²) in [4.78, 5) is 11.6. The van der Waals surface area contributed by atoms with Gasteiger partial charge in [0.15, 0.2) is 5.76 Å². The molecule has 0 aliphatic rings. The van der Waals surface area contributed by atoms with E-state index in [1.807, 2.05) is 31.2 Å². The van der Waals surface area contributed by atoms with Crippen LogP contribution in [0.5, 0.6) is 5.75 Å². The summed E-state index contributed by atoms with van der Waals surface area (Å²) >= 11 is 0. The molecule has 0 fully saturated rings. The molecule has 0 spiro atoms. The lowest BCUT2D eigenvalue weighted by Crippen LogP contribution is -2.18. The maximum atomic E-state index is 11.6. The SMILES string of the molecule is COc1ccc(C/C(C)=N\NC(=O)c2ccco2)cc1. The molecule has 5 nitrogen and oxygen atoms in total. The van der Waals surface area contributed by atoms with Crippen LogP contribution >= 0.6 is 0 Å². The first-order chi connectivity index (χ1) is 9.69. The predicted molar refractivity (Wildman–Crippen MR) is 76.0 cm³/mol. The molecule has 5 heteroatoms. The smallest absolute Gasteiger partial charge is 0.307 e. The second-order valence-corrected chi connectivity index (χ2v) is 4.29. The van der Waals surface area contributed by atoms with Gasteiger partial charge in [0.1, 0.15) is 5.75 Å². The molecule has 2 aromatic rings. The van der Waals surface area contributed by atoms with Crippen LogP contribution in [0, 0.1) is 0 Å². The topological polar surface area (TPSA) is 63.8 Å². The number of nitrogens with one attached hydrogen (secondary N) is 1. The molecule has 104 valence electrons. The van der Waals surface area contributed by atoms with Crippen molar-refractivity contribution in [2.45, 2.75) is 13.3 Å². The van der Waals surface area contributed by atoms with Gasteiger partial charge in [0, 0.05) is 12.1 Å². The third-order valence-electron chi connectivity index (χ3n) is 2.71. The average molecular weight is 272 g/mol. The van der Waals surface area contributed by atoms with Gasteiger partial charge in [-0.25, -0.2) is 5.43 Å². The minimum atomic E-state index is -0.357. The third-order valence-corrected chi connectivity index (χ3v) is 2.71. The van der Waals surface area contributed by atoms with Gasteiger partial charge in [-0.1, -0.05) is 12.1 Å². The Morgan fingerprint density at radius 3 is 2.65 bits per heavy atom. The van der Waals surface area contributed by atoms with Crippen molar-refractivity contribution >= 4 is 11.6 Å². The van der Waals surface area contributed by atoms with Crippen LogP contribution in [0.3, 0.4) is 0 Å². The third kappa shape index (κ3) is 3.71. The van der Waals surface area contributed by atoms with E-state index >= 15 is 0 Å². The van der Waals surface area contributed by atoms with Crippen LogP contribution in [0.4, 0.5) is 0 Å². The van der Waals surface area contributed by atoms with Crippen molar-refractivity contribution in [3.05, 3.63) is 54.0 Å². The molecular weight excluding hydrogens is 256 g/mol. The number of carbonyl (C=O) groups is 1. The Bertz CT molecular complexity index is 586. The molecule has 20 heavy (non-hydrogen) atoms. The number of methoxy groups -OCH3 is 1. The molecule has 0 aliphatic carbocycles. The van der Waals surface area contributed by atoms with Crippen molar-refractivity contribution in [3.8, 4) is 5.75 Å². The van der Waals surface area contributed by atoms with Gasteiger partial charge in [0.05, 0.1) is 13.4 Å². The summed E-state index contributed by atoms with van der Waals surface area (Å²) in [6.07, 6.45) is 2.10. The Balaban J connectivity index is 1.91. The van der Waals surface area contributed by atoms with Gasteiger partial charge >= 0.3 is 5.91 Å². The molecule has 0 unspecified atom stereocenters. The predicted octanol–water partition coefficient (Wildman–Crippen LogP) is 2.64. The molecule has 2 rings (SSSR count). The molecule has 0 aliphatic heterocycles. The summed E-state index contributed by atoms with van der Waals surface area (Å²) in [5.41, 5.74) is 4.36. The molecule has 0 radical (unpaired) electrons. The van der Waals surface area contributed by atoms with Gasteiger partial charge in [-0.2, -0.15) is 5.10 Å². The van der Waals surface area contributed by atoms with Crippen molar-refractivity contribution in [1.29, 1.82) is 0 Å². The molecule has 1 aromatic carbocycles. The van der Waals surface area contributed by atoms with E-state index in [0.29, 0.717) is 6.42 Å². The zero-order chi connectivity index (χ0) is 14.4. The monoisotopic (exact) mass is 272 g/mol. The first kappa shape index (κ1) is 13.9. The summed E-state index contributed by atoms with van der Waals surface area (Å²) < 4.78 is 10.1. The molecule has 1 aromatic heterocycles. The van der Waals surface area contributed by atoms with Crippen LogP contribution in [0.15, 0.2) is 52.2 Å². The highest BCUT2D eigenvalue weighted by Gasteiger charge is 2.06. The van der Waals surface area contributed by atoms with E-state index in [1.165, 1.54) is 6.26 Å². The fraction of sp³-hybridized carbons (Fsp3) is 0.200. The fourth-order valence-corrected chi connectivity index (χ4v) is 1.69. The normalized spacial score (nSPS) is 11.2. The molecule has 0 saturated carbocycles. The Kier molecular flexibility index (Phi) is 4.55. The minimum Gasteiger partial charge on any atom is -0.497 e. The maximum absolute atomic E-state index is 11.6. The number of benzene rings is 1. The van der Waals surface area contributed by atoms with Crippen molar-refractivity contribution < 1.29 is 13.9 Å². The number of amides is 1. The second kappa shape index (κ2) is 6.56. The van der Waals surface area contributed by atoms with E-state index in [1.54, 1.807) is 19.2 Å². The number of carbonyl (C=O) groups excluding carboxylic acids is 1. The number of hydrazone groups is 1. The number of rotatable bonds is 5. The van der Waals surface area contributed by atoms with Crippen LogP contribution in [-0.2, 0) is 6.42 Å². The molecule has 1 N–H and O–H groups in total. The zero-order valence-electron chi connectivity index (χ0n) is 11.4. The van der Waals surface area contributed by atoms with Crippen molar-refractivity contribution in [1.82, 2.24) is 5.43 Å². The van der Waals surface area contributed by atoms with Gasteiger partial charge < -0.3 is 9.15 Å². The van der Waals surface area contributed by atoms with Gasteiger partial charge in [0.2, 0.25) is 0 Å². The number of ether oxygens (including phenoxy) is 1. The van der Waals surface area contributed by atoms with Crippen molar-refractivity contribution in [2.75, 3.05) is 7.11 Å². The van der Waals surface area contributed by atoms with Crippen LogP contribution in [0.2, 0.25) is 0 Å². The highest BCUT2D eigenvalue weighted by Crippen LogP contribution is 2.12. The van der Waals surface area contributed by atoms with Gasteiger partial charge in [0.25, 0.3) is 0 Å². The molecule has 1 amide bonds. The van der Waals surface area contributed by atoms with Gasteiger partial charge in [-0.05, 0) is 36.8 Å². The summed E-state index contributed by atoms with van der Waals surface area (Å²) in [5.74, 6) is 0.699. The number of hydrogen-bond acceptors (Lipinski definition) is 4. The van der Waals surface area contributed by atoms with Crippen molar-refractivity contribution in [2.24, 2.45) is 5.10 Å². The minimum absolute atomic E-state index is 0.242. The van der Waals surface area contributed by atoms with Crippen LogP contribution in [-0.4, -0.2) is 18.7 Å². The Morgan fingerprint density at radius 2 is 2.05 bits per heavy atom. The van der Waals surface area contributed by atoms with Gasteiger partial charge in [-0.3, -0.25) is 4.79 Å². The van der Waals surface area contributed by atoms with Crippen LogP contribution in [0.1, 0.15) is 23.0 Å². The molecule has 0 saturated heterocycles. The van der Waals surface area contributed by atoms with E-state index in [4.69, 9.17) is 9.15 Å². The quantitative estimate of drug-likeness (QED) is 0.672. The summed E-state index contributed by atoms with van der Waals surface area (Å²) in [6.45, 7) is 1.85. The fourth-order valence-electron chi connectivity index (χ4n) is 1.69. The van der Waals surface area contributed by atoms with Crippen molar-refractivity contribution in [3.63, 3.8) is 0 Å². The molecular formula is C15H16N2O3. The molecule has 0 atom stereocenters. The lowest BCUT2D eigenvalue weighted by molar-refractivity contribution is 0.0927. The average Bonchev–Trinajstić information content (AvgIpc) is 3.00. The van der Waals surface area contributed by atoms with E-state index in [0.717, 1.165) is 17.0 Å². The first-order valence-corrected chi connectivity index (χ1v) is 6.19. The second-order valence-electron chi connectivity index (χ2n) is 4.29. The lowest BCUT2D eigenvalue weighted by atomic mass is 10.1. The Hall–Kier alpha value is -2.56. The highest BCUT2D eigenvalue weighted by atomic mass is 16.5.